The molecule has 2 aromatic rings. The summed E-state index contributed by atoms with van der Waals surface area (Å²) in [6, 6.07) is 11.3. The van der Waals surface area contributed by atoms with Gasteiger partial charge in [-0.2, -0.15) is 0 Å². The lowest BCUT2D eigenvalue weighted by atomic mass is 9.71. The number of carbonyl (C=O) groups is 2. The van der Waals surface area contributed by atoms with E-state index >= 15 is 0 Å². The van der Waals surface area contributed by atoms with E-state index in [9.17, 15) is 9.59 Å². The molecule has 0 bridgehead atoms. The third-order valence-corrected chi connectivity index (χ3v) is 7.02. The normalized spacial score (nSPS) is 18.9. The standard InChI is InChI=1S/C30H35NO7/c1-7-37-24-12-10-19(16-26(24)36-6)28-27(30(33)38-8-2)17(3)31-21-13-20(14-22(32)29(21)28)18-9-11-23(34-4)25(15-18)35-5/h9-12,15-16,20,28,31H,7-8,13-14H2,1-6H3. The number of nitrogens with one attached hydrogen (secondary N) is 1. The predicted molar refractivity (Wildman–Crippen MR) is 143 cm³/mol. The van der Waals surface area contributed by atoms with Crippen molar-refractivity contribution in [3.05, 3.63) is 70.1 Å². The molecule has 0 saturated carbocycles. The highest BCUT2D eigenvalue weighted by atomic mass is 16.5. The number of benzene rings is 2. The van der Waals surface area contributed by atoms with Crippen molar-refractivity contribution in [3.8, 4) is 23.0 Å². The van der Waals surface area contributed by atoms with E-state index in [0.29, 0.717) is 59.3 Å². The van der Waals surface area contributed by atoms with Crippen molar-refractivity contribution in [3.63, 3.8) is 0 Å². The maximum atomic E-state index is 13.8. The molecule has 1 N–H and O–H groups in total. The van der Waals surface area contributed by atoms with Crippen LogP contribution in [0.4, 0.5) is 0 Å². The van der Waals surface area contributed by atoms with Gasteiger partial charge in [0.15, 0.2) is 28.8 Å². The van der Waals surface area contributed by atoms with Crippen LogP contribution >= 0.6 is 0 Å². The topological polar surface area (TPSA) is 92.3 Å². The van der Waals surface area contributed by atoms with E-state index in [-0.39, 0.29) is 18.3 Å². The molecule has 2 atom stereocenters. The van der Waals surface area contributed by atoms with Crippen LogP contribution in [-0.4, -0.2) is 46.3 Å². The van der Waals surface area contributed by atoms with Crippen LogP contribution in [0.15, 0.2) is 58.9 Å². The Labute approximate surface area is 223 Å². The average Bonchev–Trinajstić information content (AvgIpc) is 2.92. The van der Waals surface area contributed by atoms with Gasteiger partial charge in [0.25, 0.3) is 0 Å². The van der Waals surface area contributed by atoms with E-state index < -0.39 is 11.9 Å². The number of hydrogen-bond acceptors (Lipinski definition) is 8. The van der Waals surface area contributed by atoms with Crippen LogP contribution in [0.5, 0.6) is 23.0 Å². The van der Waals surface area contributed by atoms with Gasteiger partial charge in [0, 0.05) is 29.3 Å². The molecular formula is C30H35NO7. The van der Waals surface area contributed by atoms with Crippen molar-refractivity contribution in [2.75, 3.05) is 34.5 Å². The summed E-state index contributed by atoms with van der Waals surface area (Å²) in [4.78, 5) is 27.0. The summed E-state index contributed by atoms with van der Waals surface area (Å²) in [5.41, 5.74) is 4.24. The number of rotatable bonds is 9. The van der Waals surface area contributed by atoms with Crippen molar-refractivity contribution in [2.24, 2.45) is 0 Å². The fourth-order valence-electron chi connectivity index (χ4n) is 5.33. The van der Waals surface area contributed by atoms with Crippen molar-refractivity contribution in [1.82, 2.24) is 5.32 Å². The number of ketones is 1. The minimum absolute atomic E-state index is 0.0225. The Kier molecular flexibility index (Phi) is 8.29. The Morgan fingerprint density at radius 2 is 1.50 bits per heavy atom. The molecule has 0 spiro atoms. The SMILES string of the molecule is CCOC(=O)C1=C(C)NC2=C(C(=O)CC(c3ccc(OC)c(OC)c3)C2)C1c1ccc(OCC)c(OC)c1. The van der Waals surface area contributed by atoms with E-state index in [4.69, 9.17) is 23.7 Å². The molecule has 2 unspecified atom stereocenters. The van der Waals surface area contributed by atoms with Crippen molar-refractivity contribution >= 4 is 11.8 Å². The Morgan fingerprint density at radius 1 is 0.868 bits per heavy atom. The number of Topliss-reactive ketones (excluding diaryl/α,β-unsaturated/α-hetero) is 1. The third kappa shape index (κ3) is 5.08. The number of allylic oxidation sites excluding steroid dienone is 3. The fourth-order valence-corrected chi connectivity index (χ4v) is 5.33. The first-order valence-corrected chi connectivity index (χ1v) is 12.8. The molecule has 38 heavy (non-hydrogen) atoms. The number of methoxy groups -OCH3 is 3. The van der Waals surface area contributed by atoms with Crippen LogP contribution in [-0.2, 0) is 14.3 Å². The second-order valence-corrected chi connectivity index (χ2v) is 9.20. The summed E-state index contributed by atoms with van der Waals surface area (Å²) in [5.74, 6) is 1.28. The lowest BCUT2D eigenvalue weighted by Crippen LogP contribution is -2.36. The summed E-state index contributed by atoms with van der Waals surface area (Å²) in [5, 5.41) is 3.37. The Balaban J connectivity index is 1.80. The maximum absolute atomic E-state index is 13.8. The summed E-state index contributed by atoms with van der Waals surface area (Å²) < 4.78 is 27.6. The van der Waals surface area contributed by atoms with Gasteiger partial charge in [-0.25, -0.2) is 4.79 Å². The molecule has 4 rings (SSSR count). The fraction of sp³-hybridized carbons (Fsp3) is 0.400. The average molecular weight is 522 g/mol. The van der Waals surface area contributed by atoms with Gasteiger partial charge >= 0.3 is 5.97 Å². The van der Waals surface area contributed by atoms with Crippen molar-refractivity contribution in [2.45, 2.75) is 45.4 Å². The number of esters is 1. The number of hydrogen-bond donors (Lipinski definition) is 1. The molecule has 0 radical (unpaired) electrons. The van der Waals surface area contributed by atoms with Gasteiger partial charge in [-0.3, -0.25) is 4.79 Å². The number of ether oxygens (including phenoxy) is 5. The second-order valence-electron chi connectivity index (χ2n) is 9.20. The molecule has 1 aliphatic carbocycles. The van der Waals surface area contributed by atoms with E-state index in [1.54, 1.807) is 28.3 Å². The number of carbonyl (C=O) groups excluding carboxylic acids is 2. The van der Waals surface area contributed by atoms with E-state index in [2.05, 4.69) is 5.32 Å². The zero-order valence-electron chi connectivity index (χ0n) is 22.8. The summed E-state index contributed by atoms with van der Waals surface area (Å²) in [7, 11) is 4.76. The second kappa shape index (κ2) is 11.6. The molecule has 0 fully saturated rings. The smallest absolute Gasteiger partial charge is 0.336 e. The highest BCUT2D eigenvalue weighted by Gasteiger charge is 2.41. The minimum atomic E-state index is -0.589. The predicted octanol–water partition coefficient (Wildman–Crippen LogP) is 5.04. The maximum Gasteiger partial charge on any atom is 0.336 e. The Hall–Kier alpha value is -3.94. The van der Waals surface area contributed by atoms with Crippen LogP contribution in [0.2, 0.25) is 0 Å². The molecule has 8 nitrogen and oxygen atoms in total. The van der Waals surface area contributed by atoms with Gasteiger partial charge in [0.2, 0.25) is 0 Å². The molecule has 1 aliphatic heterocycles. The first-order valence-electron chi connectivity index (χ1n) is 12.8. The van der Waals surface area contributed by atoms with Gasteiger partial charge in [0.05, 0.1) is 40.1 Å². The summed E-state index contributed by atoms with van der Waals surface area (Å²) in [6.07, 6.45) is 0.907. The van der Waals surface area contributed by atoms with Crippen LogP contribution in [0.25, 0.3) is 0 Å². The summed E-state index contributed by atoms with van der Waals surface area (Å²) in [6.45, 7) is 6.23. The van der Waals surface area contributed by atoms with Gasteiger partial charge in [-0.1, -0.05) is 12.1 Å². The van der Waals surface area contributed by atoms with Crippen LogP contribution < -0.4 is 24.3 Å². The largest absolute Gasteiger partial charge is 0.493 e. The highest BCUT2D eigenvalue weighted by molar-refractivity contribution is 6.04. The van der Waals surface area contributed by atoms with Gasteiger partial charge < -0.3 is 29.0 Å². The number of dihydropyridines is 1. The first-order chi connectivity index (χ1) is 18.4. The molecule has 1 heterocycles. The highest BCUT2D eigenvalue weighted by Crippen LogP contribution is 2.47. The van der Waals surface area contributed by atoms with Crippen LogP contribution in [0.3, 0.4) is 0 Å². The van der Waals surface area contributed by atoms with Gasteiger partial charge in [-0.15, -0.1) is 0 Å². The Bertz CT molecular complexity index is 1290. The molecule has 0 aromatic heterocycles. The van der Waals surface area contributed by atoms with Crippen LogP contribution in [0, 0.1) is 0 Å². The van der Waals surface area contributed by atoms with Gasteiger partial charge in [0.1, 0.15) is 0 Å². The van der Waals surface area contributed by atoms with E-state index in [0.717, 1.165) is 16.8 Å². The lowest BCUT2D eigenvalue weighted by Gasteiger charge is -2.37. The monoisotopic (exact) mass is 521 g/mol. The molecule has 202 valence electrons. The molecule has 0 amide bonds. The quantitative estimate of drug-likeness (QED) is 0.459. The van der Waals surface area contributed by atoms with Gasteiger partial charge in [-0.05, 0) is 68.5 Å². The lowest BCUT2D eigenvalue weighted by molar-refractivity contribution is -0.138. The molecule has 2 aliphatic rings. The molecule has 0 saturated heterocycles. The van der Waals surface area contributed by atoms with Crippen LogP contribution in [0.1, 0.15) is 56.6 Å². The molecule has 2 aromatic carbocycles. The first kappa shape index (κ1) is 27.1. The third-order valence-electron chi connectivity index (χ3n) is 7.02. The van der Waals surface area contributed by atoms with E-state index in [1.807, 2.05) is 50.2 Å². The zero-order chi connectivity index (χ0) is 27.4. The van der Waals surface area contributed by atoms with Crippen molar-refractivity contribution < 1.29 is 33.3 Å². The zero-order valence-corrected chi connectivity index (χ0v) is 22.8. The molecule has 8 heteroatoms. The minimum Gasteiger partial charge on any atom is -0.493 e. The van der Waals surface area contributed by atoms with Crippen molar-refractivity contribution in [1.29, 1.82) is 0 Å². The molecular weight excluding hydrogens is 486 g/mol. The van der Waals surface area contributed by atoms with E-state index in [1.165, 1.54) is 0 Å². The summed E-state index contributed by atoms with van der Waals surface area (Å²) >= 11 is 0. The Morgan fingerprint density at radius 3 is 2.16 bits per heavy atom.